The second kappa shape index (κ2) is 12.8. The van der Waals surface area contributed by atoms with E-state index >= 15 is 0 Å². The van der Waals surface area contributed by atoms with Crippen molar-refractivity contribution in [2.45, 2.75) is 38.0 Å². The van der Waals surface area contributed by atoms with Crippen LogP contribution < -0.4 is 5.32 Å². The fraction of sp³-hybridized carbons (Fsp3) is 0.184. The van der Waals surface area contributed by atoms with Crippen LogP contribution in [0.2, 0.25) is 0 Å². The number of benzene rings is 3. The van der Waals surface area contributed by atoms with E-state index in [-0.39, 0.29) is 17.7 Å². The van der Waals surface area contributed by atoms with Gasteiger partial charge in [-0.15, -0.1) is 0 Å². The van der Waals surface area contributed by atoms with E-state index in [0.717, 1.165) is 22.8 Å². The average Bonchev–Trinajstić information content (AvgIpc) is 3.59. The summed E-state index contributed by atoms with van der Waals surface area (Å²) in [4.78, 5) is 22.4. The number of halogens is 3. The van der Waals surface area contributed by atoms with Gasteiger partial charge in [-0.2, -0.15) is 13.2 Å². The third-order valence-corrected chi connectivity index (χ3v) is 8.57. The summed E-state index contributed by atoms with van der Waals surface area (Å²) in [7, 11) is 1.34. The number of aryl methyl sites for hydroxylation is 2. The van der Waals surface area contributed by atoms with Crippen LogP contribution in [0.5, 0.6) is 0 Å². The molecule has 0 saturated heterocycles. The number of fused-ring (bicyclic) bond motifs is 1. The van der Waals surface area contributed by atoms with Crippen molar-refractivity contribution in [1.82, 2.24) is 19.7 Å². The van der Waals surface area contributed by atoms with Crippen LogP contribution in [0.1, 0.15) is 39.2 Å². The molecule has 3 heterocycles. The molecule has 47 heavy (non-hydrogen) atoms. The summed E-state index contributed by atoms with van der Waals surface area (Å²) in [5.74, 6) is -0.496. The van der Waals surface area contributed by atoms with Crippen LogP contribution in [0.25, 0.3) is 16.9 Å². The molecule has 6 nitrogen and oxygen atoms in total. The predicted molar refractivity (Wildman–Crippen MR) is 175 cm³/mol. The van der Waals surface area contributed by atoms with Gasteiger partial charge in [0.1, 0.15) is 11.7 Å². The summed E-state index contributed by atoms with van der Waals surface area (Å²) >= 11 is 0. The summed E-state index contributed by atoms with van der Waals surface area (Å²) < 4.78 is 49.7. The third kappa shape index (κ3) is 6.02. The van der Waals surface area contributed by atoms with E-state index < -0.39 is 29.3 Å². The molecule has 6 rings (SSSR count). The number of imidazole rings is 1. The number of pyridine rings is 2. The SMILES string of the molecule is COC(=O)[C@H](Cc1ccc(-c2nc(C)c(C)cc2C(F)(F)F)c2nccn12)NC(c1ccccc1)(c1ccccc1)c1ccccc1. The lowest BCUT2D eigenvalue weighted by molar-refractivity contribution is -0.143. The molecule has 0 bridgehead atoms. The number of aromatic nitrogens is 3. The van der Waals surface area contributed by atoms with Gasteiger partial charge in [0, 0.05) is 35.8 Å². The molecular formula is C38H33F3N4O2. The van der Waals surface area contributed by atoms with E-state index in [1.165, 1.54) is 13.3 Å². The van der Waals surface area contributed by atoms with Gasteiger partial charge < -0.3 is 9.14 Å². The number of methoxy groups -OCH3 is 1. The molecule has 238 valence electrons. The van der Waals surface area contributed by atoms with Crippen LogP contribution in [0, 0.1) is 13.8 Å². The maximum atomic E-state index is 14.2. The highest BCUT2D eigenvalue weighted by molar-refractivity contribution is 5.79. The van der Waals surface area contributed by atoms with Crippen molar-refractivity contribution in [3.05, 3.63) is 161 Å². The fourth-order valence-electron chi connectivity index (χ4n) is 6.17. The normalized spacial score (nSPS) is 12.6. The Bertz CT molecular complexity index is 1910. The fourth-order valence-corrected chi connectivity index (χ4v) is 6.17. The molecule has 0 saturated carbocycles. The van der Waals surface area contributed by atoms with Gasteiger partial charge in [0.2, 0.25) is 0 Å². The van der Waals surface area contributed by atoms with Crippen molar-refractivity contribution < 1.29 is 22.7 Å². The Labute approximate surface area is 270 Å². The molecule has 0 spiro atoms. The number of esters is 1. The maximum absolute atomic E-state index is 14.2. The van der Waals surface area contributed by atoms with Crippen LogP contribution in [0.3, 0.4) is 0 Å². The Hall–Kier alpha value is -5.28. The Morgan fingerprint density at radius 2 is 1.40 bits per heavy atom. The first-order valence-corrected chi connectivity index (χ1v) is 15.2. The van der Waals surface area contributed by atoms with Crippen molar-refractivity contribution in [1.29, 1.82) is 0 Å². The summed E-state index contributed by atoms with van der Waals surface area (Å²) in [6.07, 6.45) is -1.27. The van der Waals surface area contributed by atoms with Crippen molar-refractivity contribution >= 4 is 11.6 Å². The number of carbonyl (C=O) groups is 1. The predicted octanol–water partition coefficient (Wildman–Crippen LogP) is 7.70. The molecule has 0 radical (unpaired) electrons. The van der Waals surface area contributed by atoms with E-state index in [1.54, 1.807) is 36.6 Å². The summed E-state index contributed by atoms with van der Waals surface area (Å²) in [6.45, 7) is 3.29. The molecule has 0 amide bonds. The highest BCUT2D eigenvalue weighted by Crippen LogP contribution is 2.40. The molecule has 1 N–H and O–H groups in total. The zero-order valence-corrected chi connectivity index (χ0v) is 26.1. The number of ether oxygens (including phenoxy) is 1. The van der Waals surface area contributed by atoms with E-state index in [1.807, 2.05) is 91.0 Å². The van der Waals surface area contributed by atoms with Crippen LogP contribution in [0.15, 0.2) is 122 Å². The Morgan fingerprint density at radius 1 is 0.851 bits per heavy atom. The highest BCUT2D eigenvalue weighted by atomic mass is 19.4. The van der Waals surface area contributed by atoms with Crippen molar-refractivity contribution in [2.75, 3.05) is 7.11 Å². The molecule has 0 unspecified atom stereocenters. The molecule has 0 aliphatic heterocycles. The van der Waals surface area contributed by atoms with Gasteiger partial charge in [0.15, 0.2) is 0 Å². The number of alkyl halides is 3. The van der Waals surface area contributed by atoms with Crippen LogP contribution in [-0.2, 0) is 27.7 Å². The minimum atomic E-state index is -4.61. The van der Waals surface area contributed by atoms with Crippen LogP contribution in [-0.4, -0.2) is 33.5 Å². The summed E-state index contributed by atoms with van der Waals surface area (Å²) in [5, 5.41) is 3.69. The first-order valence-electron chi connectivity index (χ1n) is 15.2. The lowest BCUT2D eigenvalue weighted by Gasteiger charge is -2.39. The van der Waals surface area contributed by atoms with Crippen molar-refractivity contribution in [2.24, 2.45) is 0 Å². The summed E-state index contributed by atoms with van der Waals surface area (Å²) in [6, 6.07) is 33.2. The Kier molecular flexibility index (Phi) is 8.66. The second-order valence-corrected chi connectivity index (χ2v) is 11.4. The number of nitrogens with zero attached hydrogens (tertiary/aromatic N) is 3. The number of rotatable bonds is 9. The lowest BCUT2D eigenvalue weighted by Crippen LogP contribution is -2.53. The first kappa shape index (κ1) is 31.7. The molecule has 0 fully saturated rings. The van der Waals surface area contributed by atoms with Gasteiger partial charge >= 0.3 is 12.1 Å². The zero-order valence-electron chi connectivity index (χ0n) is 26.1. The minimum absolute atomic E-state index is 0.139. The highest BCUT2D eigenvalue weighted by Gasteiger charge is 2.41. The van der Waals surface area contributed by atoms with E-state index in [4.69, 9.17) is 4.74 Å². The summed E-state index contributed by atoms with van der Waals surface area (Å²) in [5.41, 5.74) is 2.87. The third-order valence-electron chi connectivity index (χ3n) is 8.57. The Balaban J connectivity index is 1.49. The maximum Gasteiger partial charge on any atom is 0.418 e. The molecule has 6 aromatic rings. The lowest BCUT2D eigenvalue weighted by atomic mass is 9.76. The molecule has 0 aliphatic rings. The number of carbonyl (C=O) groups excluding carboxylic acids is 1. The van der Waals surface area contributed by atoms with E-state index in [2.05, 4.69) is 15.3 Å². The van der Waals surface area contributed by atoms with Gasteiger partial charge in [-0.25, -0.2) is 4.98 Å². The van der Waals surface area contributed by atoms with Crippen molar-refractivity contribution in [3.8, 4) is 11.3 Å². The molecule has 3 aromatic heterocycles. The average molecular weight is 635 g/mol. The minimum Gasteiger partial charge on any atom is -0.468 e. The van der Waals surface area contributed by atoms with Crippen molar-refractivity contribution in [3.63, 3.8) is 0 Å². The van der Waals surface area contributed by atoms with E-state index in [0.29, 0.717) is 22.6 Å². The first-order chi connectivity index (χ1) is 22.6. The number of nitrogens with one attached hydrogen (secondary N) is 1. The number of hydrogen-bond acceptors (Lipinski definition) is 5. The molecule has 3 aromatic carbocycles. The second-order valence-electron chi connectivity index (χ2n) is 11.4. The van der Waals surface area contributed by atoms with Gasteiger partial charge in [-0.1, -0.05) is 91.0 Å². The quantitative estimate of drug-likeness (QED) is 0.130. The van der Waals surface area contributed by atoms with Gasteiger partial charge in [-0.05, 0) is 54.3 Å². The Morgan fingerprint density at radius 3 is 1.91 bits per heavy atom. The van der Waals surface area contributed by atoms with Gasteiger partial charge in [0.25, 0.3) is 0 Å². The standard InChI is InChI=1S/C38H33F3N4O2/c1-25-23-32(38(39,40)41)34(43-26(25)2)31-20-19-30(45-22-21-42-35(31)45)24-33(36(46)47-3)44-37(27-13-7-4-8-14-27,28-15-9-5-10-16-28)29-17-11-6-12-18-29/h4-23,33,44H,24H2,1-3H3/t33-/m0/s1. The smallest absolute Gasteiger partial charge is 0.418 e. The van der Waals surface area contributed by atoms with Crippen LogP contribution in [0.4, 0.5) is 13.2 Å². The largest absolute Gasteiger partial charge is 0.468 e. The van der Waals surface area contributed by atoms with Gasteiger partial charge in [0.05, 0.1) is 23.9 Å². The molecule has 0 aliphatic carbocycles. The topological polar surface area (TPSA) is 68.5 Å². The molecular weight excluding hydrogens is 601 g/mol. The molecule has 9 heteroatoms. The monoisotopic (exact) mass is 634 g/mol. The zero-order chi connectivity index (χ0) is 33.2. The number of hydrogen-bond donors (Lipinski definition) is 1. The van der Waals surface area contributed by atoms with Crippen LogP contribution >= 0.6 is 0 Å². The molecule has 1 atom stereocenters. The van der Waals surface area contributed by atoms with Gasteiger partial charge in [-0.3, -0.25) is 15.1 Å². The van der Waals surface area contributed by atoms with E-state index in [9.17, 15) is 18.0 Å².